The third-order valence-corrected chi connectivity index (χ3v) is 4.75. The first kappa shape index (κ1) is 14.9. The normalized spacial score (nSPS) is 15.2. The standard InChI is InChI=1S/C21H19NO2/c23-20(17-10-9-15-5-1-2-6-16(15)11-17)22-14-21(24)12-18-7-3-4-8-19(18)13-21/h1-11,24H,12-14H2,(H,22,23). The first-order valence-corrected chi connectivity index (χ1v) is 8.19. The summed E-state index contributed by atoms with van der Waals surface area (Å²) in [6.07, 6.45) is 1.17. The van der Waals surface area contributed by atoms with E-state index in [0.717, 1.165) is 10.8 Å². The van der Waals surface area contributed by atoms with Crippen LogP contribution in [0.15, 0.2) is 66.7 Å². The van der Waals surface area contributed by atoms with Crippen LogP contribution in [0.25, 0.3) is 10.8 Å². The third-order valence-electron chi connectivity index (χ3n) is 4.75. The highest BCUT2D eigenvalue weighted by atomic mass is 16.3. The minimum atomic E-state index is -0.893. The van der Waals surface area contributed by atoms with Crippen molar-refractivity contribution in [2.75, 3.05) is 6.54 Å². The van der Waals surface area contributed by atoms with Gasteiger partial charge >= 0.3 is 0 Å². The predicted octanol–water partition coefficient (Wildman–Crippen LogP) is 3.10. The Morgan fingerprint density at radius 3 is 2.25 bits per heavy atom. The maximum absolute atomic E-state index is 12.4. The summed E-state index contributed by atoms with van der Waals surface area (Å²) < 4.78 is 0. The van der Waals surface area contributed by atoms with Crippen LogP contribution in [0.5, 0.6) is 0 Å². The third kappa shape index (κ3) is 2.79. The van der Waals surface area contributed by atoms with Crippen LogP contribution in [-0.4, -0.2) is 23.2 Å². The van der Waals surface area contributed by atoms with Crippen LogP contribution >= 0.6 is 0 Å². The Balaban J connectivity index is 1.46. The van der Waals surface area contributed by atoms with Crippen LogP contribution < -0.4 is 5.32 Å². The Bertz CT molecular complexity index is 891. The molecule has 0 saturated heterocycles. The van der Waals surface area contributed by atoms with Crippen molar-refractivity contribution in [2.45, 2.75) is 18.4 Å². The average molecular weight is 317 g/mol. The SMILES string of the molecule is O=C(NCC1(O)Cc2ccccc2C1)c1ccc2ccccc2c1. The molecule has 0 saturated carbocycles. The monoisotopic (exact) mass is 317 g/mol. The lowest BCUT2D eigenvalue weighted by Gasteiger charge is -2.22. The minimum Gasteiger partial charge on any atom is -0.387 e. The molecule has 0 radical (unpaired) electrons. The molecule has 0 aromatic heterocycles. The summed E-state index contributed by atoms with van der Waals surface area (Å²) in [7, 11) is 0. The molecule has 0 bridgehead atoms. The van der Waals surface area contributed by atoms with Gasteiger partial charge in [-0.1, -0.05) is 54.6 Å². The number of carbonyl (C=O) groups is 1. The van der Waals surface area contributed by atoms with Crippen molar-refractivity contribution in [3.63, 3.8) is 0 Å². The van der Waals surface area contributed by atoms with E-state index in [2.05, 4.69) is 5.32 Å². The van der Waals surface area contributed by atoms with E-state index in [-0.39, 0.29) is 12.5 Å². The molecule has 120 valence electrons. The number of rotatable bonds is 3. The number of hydrogen-bond acceptors (Lipinski definition) is 2. The van der Waals surface area contributed by atoms with E-state index in [1.54, 1.807) is 0 Å². The van der Waals surface area contributed by atoms with Crippen LogP contribution in [0.3, 0.4) is 0 Å². The predicted molar refractivity (Wildman–Crippen MR) is 95.1 cm³/mol. The second kappa shape index (κ2) is 5.77. The van der Waals surface area contributed by atoms with E-state index in [0.29, 0.717) is 18.4 Å². The first-order chi connectivity index (χ1) is 11.6. The quantitative estimate of drug-likeness (QED) is 0.780. The molecule has 3 aromatic rings. The van der Waals surface area contributed by atoms with E-state index in [4.69, 9.17) is 0 Å². The smallest absolute Gasteiger partial charge is 0.251 e. The molecule has 2 N–H and O–H groups in total. The summed E-state index contributed by atoms with van der Waals surface area (Å²) in [5, 5.41) is 15.8. The summed E-state index contributed by atoms with van der Waals surface area (Å²) in [5.41, 5.74) is 2.06. The highest BCUT2D eigenvalue weighted by Gasteiger charge is 2.35. The molecule has 0 aliphatic heterocycles. The lowest BCUT2D eigenvalue weighted by molar-refractivity contribution is 0.0480. The molecular weight excluding hydrogens is 298 g/mol. The fraction of sp³-hybridized carbons (Fsp3) is 0.190. The lowest BCUT2D eigenvalue weighted by Crippen LogP contribution is -2.43. The van der Waals surface area contributed by atoms with Gasteiger partial charge in [-0.3, -0.25) is 4.79 Å². The molecule has 24 heavy (non-hydrogen) atoms. The minimum absolute atomic E-state index is 0.148. The van der Waals surface area contributed by atoms with Gasteiger partial charge in [-0.15, -0.1) is 0 Å². The van der Waals surface area contributed by atoms with Gasteiger partial charge in [-0.25, -0.2) is 0 Å². The van der Waals surface area contributed by atoms with Gasteiger partial charge in [0.15, 0.2) is 0 Å². The Hall–Kier alpha value is -2.65. The van der Waals surface area contributed by atoms with Gasteiger partial charge in [0.25, 0.3) is 5.91 Å². The zero-order valence-corrected chi connectivity index (χ0v) is 13.3. The summed E-state index contributed by atoms with van der Waals surface area (Å²) in [6, 6.07) is 21.7. The van der Waals surface area contributed by atoms with Gasteiger partial charge < -0.3 is 10.4 Å². The van der Waals surface area contributed by atoms with Gasteiger partial charge in [0.1, 0.15) is 0 Å². The van der Waals surface area contributed by atoms with Crippen LogP contribution in [0.4, 0.5) is 0 Å². The Morgan fingerprint density at radius 2 is 1.54 bits per heavy atom. The first-order valence-electron chi connectivity index (χ1n) is 8.19. The zero-order valence-electron chi connectivity index (χ0n) is 13.3. The molecule has 3 nitrogen and oxygen atoms in total. The number of aliphatic hydroxyl groups is 1. The van der Waals surface area contributed by atoms with Crippen molar-refractivity contribution in [1.29, 1.82) is 0 Å². The van der Waals surface area contributed by atoms with E-state index >= 15 is 0 Å². The van der Waals surface area contributed by atoms with E-state index < -0.39 is 5.60 Å². The second-order valence-corrected chi connectivity index (χ2v) is 6.59. The molecule has 3 aromatic carbocycles. The van der Waals surface area contributed by atoms with Crippen LogP contribution in [0.2, 0.25) is 0 Å². The summed E-state index contributed by atoms with van der Waals surface area (Å²) in [4.78, 5) is 12.4. The number of hydrogen-bond donors (Lipinski definition) is 2. The van der Waals surface area contributed by atoms with Crippen molar-refractivity contribution in [3.8, 4) is 0 Å². The van der Waals surface area contributed by atoms with Gasteiger partial charge in [0.05, 0.1) is 5.60 Å². The Labute approximate surface area is 140 Å². The molecule has 0 heterocycles. The van der Waals surface area contributed by atoms with Crippen molar-refractivity contribution < 1.29 is 9.90 Å². The number of benzene rings is 3. The highest BCUT2D eigenvalue weighted by molar-refractivity contribution is 5.98. The molecule has 1 aliphatic rings. The number of amides is 1. The average Bonchev–Trinajstić information content (AvgIpc) is 2.96. The summed E-state index contributed by atoms with van der Waals surface area (Å²) >= 11 is 0. The Morgan fingerprint density at radius 1 is 0.917 bits per heavy atom. The number of carbonyl (C=O) groups excluding carboxylic acids is 1. The van der Waals surface area contributed by atoms with Crippen LogP contribution in [0.1, 0.15) is 21.5 Å². The summed E-state index contributed by atoms with van der Waals surface area (Å²) in [6.45, 7) is 0.257. The van der Waals surface area contributed by atoms with Crippen molar-refractivity contribution >= 4 is 16.7 Å². The van der Waals surface area contributed by atoms with Gasteiger partial charge in [-0.2, -0.15) is 0 Å². The molecule has 1 aliphatic carbocycles. The second-order valence-electron chi connectivity index (χ2n) is 6.59. The molecular formula is C21H19NO2. The number of nitrogens with one attached hydrogen (secondary N) is 1. The van der Waals surface area contributed by atoms with Crippen molar-refractivity contribution in [3.05, 3.63) is 83.4 Å². The van der Waals surface area contributed by atoms with Gasteiger partial charge in [0, 0.05) is 24.9 Å². The van der Waals surface area contributed by atoms with E-state index in [9.17, 15) is 9.90 Å². The fourth-order valence-corrected chi connectivity index (χ4v) is 3.48. The highest BCUT2D eigenvalue weighted by Crippen LogP contribution is 2.29. The lowest BCUT2D eigenvalue weighted by atomic mass is 10.00. The van der Waals surface area contributed by atoms with Crippen molar-refractivity contribution in [1.82, 2.24) is 5.32 Å². The zero-order chi connectivity index (χ0) is 16.6. The van der Waals surface area contributed by atoms with Crippen LogP contribution in [-0.2, 0) is 12.8 Å². The molecule has 3 heteroatoms. The molecule has 4 rings (SSSR count). The molecule has 0 fully saturated rings. The van der Waals surface area contributed by atoms with Crippen molar-refractivity contribution in [2.24, 2.45) is 0 Å². The maximum atomic E-state index is 12.4. The van der Waals surface area contributed by atoms with E-state index in [1.807, 2.05) is 66.7 Å². The van der Waals surface area contributed by atoms with Crippen LogP contribution in [0, 0.1) is 0 Å². The maximum Gasteiger partial charge on any atom is 0.251 e. The van der Waals surface area contributed by atoms with E-state index in [1.165, 1.54) is 11.1 Å². The van der Waals surface area contributed by atoms with Gasteiger partial charge in [0.2, 0.25) is 0 Å². The fourth-order valence-electron chi connectivity index (χ4n) is 3.48. The largest absolute Gasteiger partial charge is 0.387 e. The van der Waals surface area contributed by atoms with Gasteiger partial charge in [-0.05, 0) is 34.0 Å². The Kier molecular flexibility index (Phi) is 3.58. The summed E-state index contributed by atoms with van der Waals surface area (Å²) in [5.74, 6) is -0.148. The topological polar surface area (TPSA) is 49.3 Å². The molecule has 0 unspecified atom stereocenters. The molecule has 0 spiro atoms. The molecule has 1 amide bonds. The number of fused-ring (bicyclic) bond motifs is 2. The molecule has 0 atom stereocenters.